The Hall–Kier alpha value is -0.620. The van der Waals surface area contributed by atoms with Gasteiger partial charge in [-0.05, 0) is 33.5 Å². The van der Waals surface area contributed by atoms with Crippen molar-refractivity contribution in [3.63, 3.8) is 0 Å². The van der Waals surface area contributed by atoms with E-state index in [0.29, 0.717) is 5.92 Å². The summed E-state index contributed by atoms with van der Waals surface area (Å²) >= 11 is 5.56. The van der Waals surface area contributed by atoms with Crippen molar-refractivity contribution in [2.24, 2.45) is 4.99 Å². The van der Waals surface area contributed by atoms with Gasteiger partial charge in [0.2, 0.25) is 0 Å². The van der Waals surface area contributed by atoms with Gasteiger partial charge in [-0.25, -0.2) is 0 Å². The van der Waals surface area contributed by atoms with E-state index in [4.69, 9.17) is 4.42 Å². The van der Waals surface area contributed by atoms with E-state index in [0.717, 1.165) is 19.7 Å². The molecule has 0 saturated heterocycles. The van der Waals surface area contributed by atoms with Crippen LogP contribution in [0.5, 0.6) is 0 Å². The van der Waals surface area contributed by atoms with Crippen LogP contribution in [0.3, 0.4) is 0 Å². The van der Waals surface area contributed by atoms with Crippen molar-refractivity contribution in [2.75, 3.05) is 0 Å². The van der Waals surface area contributed by atoms with Gasteiger partial charge < -0.3 is 4.42 Å². The van der Waals surface area contributed by atoms with Crippen molar-refractivity contribution < 1.29 is 4.42 Å². The van der Waals surface area contributed by atoms with Gasteiger partial charge in [0.15, 0.2) is 3.77 Å². The van der Waals surface area contributed by atoms with Crippen molar-refractivity contribution in [3.05, 3.63) is 49.9 Å². The molecule has 4 heteroatoms. The van der Waals surface area contributed by atoms with Crippen LogP contribution < -0.4 is 0 Å². The summed E-state index contributed by atoms with van der Waals surface area (Å²) in [6, 6.07) is 10.1. The molecule has 0 fully saturated rings. The summed E-state index contributed by atoms with van der Waals surface area (Å²) in [6.45, 7) is 4.33. The maximum atomic E-state index is 5.53. The highest BCUT2D eigenvalue weighted by atomic mass is 127. The molecule has 1 aromatic carbocycles. The van der Waals surface area contributed by atoms with Crippen LogP contribution in [0, 0.1) is 3.77 Å². The van der Waals surface area contributed by atoms with Gasteiger partial charge in [0.25, 0.3) is 0 Å². The Kier molecular flexibility index (Phi) is 4.61. The fourth-order valence-corrected chi connectivity index (χ4v) is 2.37. The molecule has 1 heterocycles. The van der Waals surface area contributed by atoms with Gasteiger partial charge in [-0.2, -0.15) is 0 Å². The van der Waals surface area contributed by atoms with Crippen LogP contribution in [0.25, 0.3) is 0 Å². The first-order valence-electron chi connectivity index (χ1n) is 5.65. The summed E-state index contributed by atoms with van der Waals surface area (Å²) in [4.78, 5) is 4.51. The van der Waals surface area contributed by atoms with Crippen molar-refractivity contribution in [1.82, 2.24) is 0 Å². The lowest BCUT2D eigenvalue weighted by molar-refractivity contribution is 0.530. The van der Waals surface area contributed by atoms with E-state index >= 15 is 0 Å². The van der Waals surface area contributed by atoms with Crippen LogP contribution >= 0.6 is 38.5 Å². The Labute approximate surface area is 129 Å². The summed E-state index contributed by atoms with van der Waals surface area (Å²) in [7, 11) is 0. The minimum atomic E-state index is 0.460. The lowest BCUT2D eigenvalue weighted by atomic mass is 10.0. The second kappa shape index (κ2) is 6.02. The Balaban J connectivity index is 2.28. The number of hydrogen-bond acceptors (Lipinski definition) is 2. The van der Waals surface area contributed by atoms with Crippen molar-refractivity contribution in [3.8, 4) is 0 Å². The van der Waals surface area contributed by atoms with E-state index in [1.165, 1.54) is 5.56 Å². The number of aliphatic imine (C=N–C) groups is 1. The minimum absolute atomic E-state index is 0.460. The van der Waals surface area contributed by atoms with Crippen LogP contribution in [-0.4, -0.2) is 6.21 Å². The van der Waals surface area contributed by atoms with Gasteiger partial charge >= 0.3 is 0 Å². The molecule has 0 spiro atoms. The Morgan fingerprint density at radius 3 is 2.67 bits per heavy atom. The SMILES string of the molecule is CC(C)c1ccccc1N=Cc1cc(Br)c(I)o1. The summed E-state index contributed by atoms with van der Waals surface area (Å²) < 4.78 is 7.33. The van der Waals surface area contributed by atoms with E-state index in [9.17, 15) is 0 Å². The minimum Gasteiger partial charge on any atom is -0.448 e. The van der Waals surface area contributed by atoms with E-state index in [1.807, 2.05) is 24.3 Å². The third-order valence-electron chi connectivity index (χ3n) is 2.55. The Morgan fingerprint density at radius 1 is 1.33 bits per heavy atom. The standard InChI is InChI=1S/C14H13BrINO/c1-9(2)11-5-3-4-6-13(11)17-8-10-7-12(15)14(16)18-10/h3-9H,1-2H3. The fourth-order valence-electron chi connectivity index (χ4n) is 1.65. The molecule has 0 aliphatic carbocycles. The highest BCUT2D eigenvalue weighted by Crippen LogP contribution is 2.27. The van der Waals surface area contributed by atoms with Gasteiger partial charge in [-0.3, -0.25) is 4.99 Å². The molecular weight excluding hydrogens is 405 g/mol. The maximum Gasteiger partial charge on any atom is 0.178 e. The quantitative estimate of drug-likeness (QED) is 0.476. The Bertz CT molecular complexity index is 555. The predicted octanol–water partition coefficient (Wildman–Crippen LogP) is 5.52. The normalized spacial score (nSPS) is 11.6. The first-order chi connectivity index (χ1) is 8.58. The maximum absolute atomic E-state index is 5.53. The molecule has 0 bridgehead atoms. The molecule has 0 radical (unpaired) electrons. The van der Waals surface area contributed by atoms with E-state index in [2.05, 4.69) is 63.4 Å². The smallest absolute Gasteiger partial charge is 0.178 e. The number of halogens is 2. The van der Waals surface area contributed by atoms with Crippen molar-refractivity contribution in [2.45, 2.75) is 19.8 Å². The highest BCUT2D eigenvalue weighted by molar-refractivity contribution is 14.1. The number of rotatable bonds is 3. The second-order valence-electron chi connectivity index (χ2n) is 4.24. The number of hydrogen-bond donors (Lipinski definition) is 0. The number of para-hydroxylation sites is 1. The van der Waals surface area contributed by atoms with Crippen LogP contribution in [0.15, 0.2) is 44.2 Å². The molecule has 0 N–H and O–H groups in total. The molecule has 0 aliphatic rings. The molecule has 94 valence electrons. The second-order valence-corrected chi connectivity index (χ2v) is 6.08. The third-order valence-corrected chi connectivity index (χ3v) is 4.69. The van der Waals surface area contributed by atoms with E-state index in [1.54, 1.807) is 6.21 Å². The zero-order valence-corrected chi connectivity index (χ0v) is 13.9. The highest BCUT2D eigenvalue weighted by Gasteiger charge is 2.06. The van der Waals surface area contributed by atoms with Gasteiger partial charge in [-0.1, -0.05) is 32.0 Å². The van der Waals surface area contributed by atoms with Crippen LogP contribution in [0.4, 0.5) is 5.69 Å². The molecule has 2 aromatic rings. The molecule has 0 saturated carbocycles. The molecule has 0 amide bonds. The molecule has 0 atom stereocenters. The largest absolute Gasteiger partial charge is 0.448 e. The fraction of sp³-hybridized carbons (Fsp3) is 0.214. The molecule has 0 aliphatic heterocycles. The first kappa shape index (κ1) is 13.8. The molecule has 2 nitrogen and oxygen atoms in total. The Morgan fingerprint density at radius 2 is 2.06 bits per heavy atom. The van der Waals surface area contributed by atoms with Crippen LogP contribution in [-0.2, 0) is 0 Å². The first-order valence-corrected chi connectivity index (χ1v) is 7.53. The van der Waals surface area contributed by atoms with E-state index < -0.39 is 0 Å². The summed E-state index contributed by atoms with van der Waals surface area (Å²) in [5.41, 5.74) is 2.24. The average Bonchev–Trinajstić information content (AvgIpc) is 2.66. The van der Waals surface area contributed by atoms with Gasteiger partial charge in [0.1, 0.15) is 5.76 Å². The topological polar surface area (TPSA) is 25.5 Å². The van der Waals surface area contributed by atoms with Crippen molar-refractivity contribution >= 4 is 50.4 Å². The zero-order valence-electron chi connectivity index (χ0n) is 10.2. The van der Waals surface area contributed by atoms with Crippen LogP contribution in [0.1, 0.15) is 31.1 Å². The molecule has 2 rings (SSSR count). The van der Waals surface area contributed by atoms with Crippen LogP contribution in [0.2, 0.25) is 0 Å². The molecule has 18 heavy (non-hydrogen) atoms. The lowest BCUT2D eigenvalue weighted by Gasteiger charge is -2.07. The molecule has 0 unspecified atom stereocenters. The summed E-state index contributed by atoms with van der Waals surface area (Å²) in [6.07, 6.45) is 1.76. The van der Waals surface area contributed by atoms with Gasteiger partial charge in [0, 0.05) is 28.7 Å². The van der Waals surface area contributed by atoms with Gasteiger partial charge in [-0.15, -0.1) is 0 Å². The number of furan rings is 1. The third kappa shape index (κ3) is 3.23. The van der Waals surface area contributed by atoms with Crippen molar-refractivity contribution in [1.29, 1.82) is 0 Å². The lowest BCUT2D eigenvalue weighted by Crippen LogP contribution is -1.87. The number of nitrogens with zero attached hydrogens (tertiary/aromatic N) is 1. The number of benzene rings is 1. The molecule has 1 aromatic heterocycles. The summed E-state index contributed by atoms with van der Waals surface area (Å²) in [5, 5.41) is 0. The van der Waals surface area contributed by atoms with E-state index in [-0.39, 0.29) is 0 Å². The molecular formula is C14H13BrINO. The zero-order chi connectivity index (χ0) is 13.1. The monoisotopic (exact) mass is 417 g/mol. The van der Waals surface area contributed by atoms with Gasteiger partial charge in [0.05, 0.1) is 16.4 Å². The summed E-state index contributed by atoms with van der Waals surface area (Å²) in [5.74, 6) is 1.21. The predicted molar refractivity (Wildman–Crippen MR) is 86.9 cm³/mol. The average molecular weight is 418 g/mol.